The first-order chi connectivity index (χ1) is 8.15. The Hall–Kier alpha value is -1.81. The summed E-state index contributed by atoms with van der Waals surface area (Å²) in [6, 6.07) is 7.67. The number of hydrogen-bond donors (Lipinski definition) is 3. The topological polar surface area (TPSA) is 65.1 Å². The van der Waals surface area contributed by atoms with E-state index in [2.05, 4.69) is 10.3 Å². The molecule has 1 unspecified atom stereocenters. The smallest absolute Gasteiger partial charge is 0.224 e. The molecule has 1 aromatic heterocycles. The van der Waals surface area contributed by atoms with Crippen LogP contribution in [-0.2, 0) is 4.79 Å². The fourth-order valence-electron chi connectivity index (χ4n) is 1.69. The number of anilines is 1. The number of aromatic nitrogens is 1. The van der Waals surface area contributed by atoms with Gasteiger partial charge in [-0.25, -0.2) is 0 Å². The molecule has 3 N–H and O–H groups in total. The molecule has 0 spiro atoms. The maximum absolute atomic E-state index is 11.6. The van der Waals surface area contributed by atoms with Crippen LogP contribution >= 0.6 is 0 Å². The summed E-state index contributed by atoms with van der Waals surface area (Å²) < 4.78 is 0. The van der Waals surface area contributed by atoms with Gasteiger partial charge in [-0.15, -0.1) is 0 Å². The number of nitrogens with one attached hydrogen (secondary N) is 2. The maximum atomic E-state index is 11.6. The summed E-state index contributed by atoms with van der Waals surface area (Å²) in [7, 11) is 0. The Balaban J connectivity index is 2.00. The lowest BCUT2D eigenvalue weighted by Gasteiger charge is -2.06. The molecule has 4 nitrogen and oxygen atoms in total. The van der Waals surface area contributed by atoms with E-state index in [-0.39, 0.29) is 5.91 Å². The third-order valence-corrected chi connectivity index (χ3v) is 2.63. The van der Waals surface area contributed by atoms with Gasteiger partial charge in [-0.2, -0.15) is 0 Å². The second-order valence-corrected chi connectivity index (χ2v) is 4.22. The number of carbonyl (C=O) groups is 1. The Morgan fingerprint density at radius 3 is 3.06 bits per heavy atom. The van der Waals surface area contributed by atoms with Crippen LogP contribution in [0.15, 0.2) is 30.5 Å². The van der Waals surface area contributed by atoms with Gasteiger partial charge in [0.1, 0.15) is 0 Å². The van der Waals surface area contributed by atoms with Gasteiger partial charge in [0, 0.05) is 29.2 Å². The molecule has 1 aromatic carbocycles. The normalized spacial score (nSPS) is 12.6. The average Bonchev–Trinajstić information content (AvgIpc) is 2.73. The van der Waals surface area contributed by atoms with Crippen molar-refractivity contribution in [2.45, 2.75) is 25.9 Å². The van der Waals surface area contributed by atoms with Gasteiger partial charge in [0.2, 0.25) is 5.91 Å². The molecule has 0 fully saturated rings. The molecule has 1 amide bonds. The third kappa shape index (κ3) is 3.07. The van der Waals surface area contributed by atoms with Crippen molar-refractivity contribution in [3.8, 4) is 0 Å². The Kier molecular flexibility index (Phi) is 3.44. The summed E-state index contributed by atoms with van der Waals surface area (Å²) in [5.74, 6) is -0.0687. The highest BCUT2D eigenvalue weighted by Gasteiger charge is 2.05. The van der Waals surface area contributed by atoms with Crippen molar-refractivity contribution in [1.82, 2.24) is 4.98 Å². The van der Waals surface area contributed by atoms with E-state index >= 15 is 0 Å². The highest BCUT2D eigenvalue weighted by atomic mass is 16.3. The minimum absolute atomic E-state index is 0.0687. The summed E-state index contributed by atoms with van der Waals surface area (Å²) in [5.41, 5.74) is 1.83. The lowest BCUT2D eigenvalue weighted by Crippen LogP contribution is -2.13. The molecule has 0 bridgehead atoms. The van der Waals surface area contributed by atoms with Gasteiger partial charge in [0.15, 0.2) is 0 Å². The Morgan fingerprint density at radius 2 is 2.29 bits per heavy atom. The Labute approximate surface area is 99.7 Å². The van der Waals surface area contributed by atoms with Gasteiger partial charge in [-0.3, -0.25) is 4.79 Å². The number of aliphatic hydroxyl groups excluding tert-OH is 1. The van der Waals surface area contributed by atoms with Crippen molar-refractivity contribution in [3.05, 3.63) is 30.5 Å². The molecule has 90 valence electrons. The molecule has 0 aliphatic heterocycles. The molecular formula is C13H16N2O2. The minimum Gasteiger partial charge on any atom is -0.393 e. The van der Waals surface area contributed by atoms with Gasteiger partial charge < -0.3 is 15.4 Å². The van der Waals surface area contributed by atoms with E-state index in [1.807, 2.05) is 30.5 Å². The highest BCUT2D eigenvalue weighted by molar-refractivity contribution is 5.93. The van der Waals surface area contributed by atoms with Crippen molar-refractivity contribution in [1.29, 1.82) is 0 Å². The first-order valence-electron chi connectivity index (χ1n) is 5.70. The SMILES string of the molecule is CC(O)CCC(=O)Nc1ccc2[nH]ccc2c1. The van der Waals surface area contributed by atoms with E-state index in [0.29, 0.717) is 12.8 Å². The zero-order valence-electron chi connectivity index (χ0n) is 9.73. The van der Waals surface area contributed by atoms with E-state index in [9.17, 15) is 4.79 Å². The molecule has 0 saturated carbocycles. The number of carbonyl (C=O) groups excluding carboxylic acids is 1. The summed E-state index contributed by atoms with van der Waals surface area (Å²) in [6.07, 6.45) is 2.25. The molecule has 0 radical (unpaired) electrons. The number of aromatic amines is 1. The van der Waals surface area contributed by atoms with Crippen LogP contribution in [0.25, 0.3) is 10.9 Å². The van der Waals surface area contributed by atoms with Gasteiger partial charge in [0.25, 0.3) is 0 Å². The minimum atomic E-state index is -0.437. The molecule has 2 aromatic rings. The Morgan fingerprint density at radius 1 is 1.47 bits per heavy atom. The van der Waals surface area contributed by atoms with Crippen LogP contribution in [0.3, 0.4) is 0 Å². The van der Waals surface area contributed by atoms with E-state index in [0.717, 1.165) is 16.6 Å². The molecule has 0 aliphatic rings. The van der Waals surface area contributed by atoms with Crippen molar-refractivity contribution >= 4 is 22.5 Å². The molecule has 0 aliphatic carbocycles. The van der Waals surface area contributed by atoms with Crippen LogP contribution in [0.4, 0.5) is 5.69 Å². The van der Waals surface area contributed by atoms with E-state index < -0.39 is 6.10 Å². The molecule has 1 atom stereocenters. The van der Waals surface area contributed by atoms with Crippen LogP contribution in [0.2, 0.25) is 0 Å². The number of fused-ring (bicyclic) bond motifs is 1. The van der Waals surface area contributed by atoms with E-state index in [4.69, 9.17) is 5.11 Å². The highest BCUT2D eigenvalue weighted by Crippen LogP contribution is 2.18. The Bertz CT molecular complexity index is 517. The number of amides is 1. The van der Waals surface area contributed by atoms with Crippen LogP contribution in [0.5, 0.6) is 0 Å². The molecular weight excluding hydrogens is 216 g/mol. The van der Waals surface area contributed by atoms with Crippen LogP contribution in [-0.4, -0.2) is 22.1 Å². The van der Waals surface area contributed by atoms with Crippen molar-refractivity contribution < 1.29 is 9.90 Å². The van der Waals surface area contributed by atoms with Gasteiger partial charge in [-0.1, -0.05) is 0 Å². The summed E-state index contributed by atoms with van der Waals surface area (Å²) >= 11 is 0. The summed E-state index contributed by atoms with van der Waals surface area (Å²) in [4.78, 5) is 14.7. The van der Waals surface area contributed by atoms with Crippen molar-refractivity contribution in [2.75, 3.05) is 5.32 Å². The van der Waals surface area contributed by atoms with E-state index in [1.54, 1.807) is 6.92 Å². The molecule has 0 saturated heterocycles. The number of H-pyrrole nitrogens is 1. The first-order valence-corrected chi connectivity index (χ1v) is 5.70. The number of benzene rings is 1. The van der Waals surface area contributed by atoms with Crippen LogP contribution < -0.4 is 5.32 Å². The number of hydrogen-bond acceptors (Lipinski definition) is 2. The first kappa shape index (κ1) is 11.7. The summed E-state index contributed by atoms with van der Waals surface area (Å²) in [5, 5.41) is 13.0. The molecule has 2 rings (SSSR count). The lowest BCUT2D eigenvalue weighted by molar-refractivity contribution is -0.116. The number of aliphatic hydroxyl groups is 1. The predicted octanol–water partition coefficient (Wildman–Crippen LogP) is 2.27. The zero-order chi connectivity index (χ0) is 12.3. The molecule has 17 heavy (non-hydrogen) atoms. The zero-order valence-corrected chi connectivity index (χ0v) is 9.73. The quantitative estimate of drug-likeness (QED) is 0.757. The number of rotatable bonds is 4. The van der Waals surface area contributed by atoms with Gasteiger partial charge in [0.05, 0.1) is 6.10 Å². The van der Waals surface area contributed by atoms with Crippen molar-refractivity contribution in [3.63, 3.8) is 0 Å². The van der Waals surface area contributed by atoms with E-state index in [1.165, 1.54) is 0 Å². The largest absolute Gasteiger partial charge is 0.393 e. The molecule has 1 heterocycles. The van der Waals surface area contributed by atoms with Gasteiger partial charge in [-0.05, 0) is 37.6 Å². The lowest BCUT2D eigenvalue weighted by atomic mass is 10.2. The monoisotopic (exact) mass is 232 g/mol. The predicted molar refractivity (Wildman–Crippen MR) is 67.8 cm³/mol. The summed E-state index contributed by atoms with van der Waals surface area (Å²) in [6.45, 7) is 1.68. The molecule has 4 heteroatoms. The van der Waals surface area contributed by atoms with Crippen LogP contribution in [0.1, 0.15) is 19.8 Å². The second-order valence-electron chi connectivity index (χ2n) is 4.22. The fourth-order valence-corrected chi connectivity index (χ4v) is 1.69. The second kappa shape index (κ2) is 5.01. The standard InChI is InChI=1S/C13H16N2O2/c1-9(16)2-5-13(17)15-11-3-4-12-10(8-11)6-7-14-12/h3-4,6-9,14,16H,2,5H2,1H3,(H,15,17). The van der Waals surface area contributed by atoms with Crippen molar-refractivity contribution in [2.24, 2.45) is 0 Å². The fraction of sp³-hybridized carbons (Fsp3) is 0.308. The van der Waals surface area contributed by atoms with Gasteiger partial charge >= 0.3 is 0 Å². The third-order valence-electron chi connectivity index (χ3n) is 2.63. The average molecular weight is 232 g/mol. The maximum Gasteiger partial charge on any atom is 0.224 e. The van der Waals surface area contributed by atoms with Crippen LogP contribution in [0, 0.1) is 0 Å².